The second-order valence-corrected chi connectivity index (χ2v) is 20.3. The van der Waals surface area contributed by atoms with Gasteiger partial charge in [0.15, 0.2) is 19.7 Å². The minimum Gasteiger partial charge on any atom is -0.410 e. The lowest BCUT2D eigenvalue weighted by atomic mass is 9.91. The predicted octanol–water partition coefficient (Wildman–Crippen LogP) is 16.4. The first-order chi connectivity index (χ1) is 45.7. The van der Waals surface area contributed by atoms with Gasteiger partial charge in [0, 0.05) is 210 Å². The maximum absolute atomic E-state index is 13.2. The highest BCUT2D eigenvalue weighted by molar-refractivity contribution is 14.1. The number of benzene rings is 2. The summed E-state index contributed by atoms with van der Waals surface area (Å²) in [4.78, 5) is 0.446. The Morgan fingerprint density at radius 3 is 0.753 bits per heavy atom. The molecule has 0 saturated heterocycles. The van der Waals surface area contributed by atoms with Crippen molar-refractivity contribution in [3.63, 3.8) is 0 Å². The summed E-state index contributed by atoms with van der Waals surface area (Å²) in [5.74, 6) is 5.26. The highest BCUT2D eigenvalue weighted by Gasteiger charge is 2.31. The minimum absolute atomic E-state index is 0.133. The van der Waals surface area contributed by atoms with Crippen molar-refractivity contribution in [2.75, 3.05) is 11.5 Å². The Hall–Kier alpha value is -12.7. The van der Waals surface area contributed by atoms with Crippen LogP contribution in [0.3, 0.4) is 0 Å². The van der Waals surface area contributed by atoms with Crippen LogP contribution >= 0.6 is 21.6 Å². The summed E-state index contributed by atoms with van der Waals surface area (Å²) in [7, 11) is -6.96. The van der Waals surface area contributed by atoms with Crippen LogP contribution in [0.4, 0.5) is 2.86 Å². The van der Waals surface area contributed by atoms with E-state index in [1.807, 2.05) is 0 Å². The molecule has 0 spiro atoms. The fraction of sp³-hybridized carbons (Fsp3) is 0.519. The molecule has 0 heterocycles. The molecule has 484 valence electrons. The zero-order valence-corrected chi connectivity index (χ0v) is 49.7. The van der Waals surface area contributed by atoms with Crippen molar-refractivity contribution in [2.24, 2.45) is 308 Å². The number of hydrogen-bond donors (Lipinski definition) is 2. The second kappa shape index (κ2) is 47.4. The first kappa shape index (κ1) is 72.7. The highest BCUT2D eigenvalue weighted by atomic mass is 127. The summed E-state index contributed by atoms with van der Waals surface area (Å²) < 4.78 is 67.2. The van der Waals surface area contributed by atoms with Gasteiger partial charge in [0.1, 0.15) is 5.71 Å². The van der Waals surface area contributed by atoms with Crippen LogP contribution < -0.4 is 5.84 Å². The van der Waals surface area contributed by atoms with E-state index in [-0.39, 0.29) is 38.8 Å². The Balaban J connectivity index is 0.000000442. The molecule has 0 amide bonds. The molecule has 0 unspecified atom stereocenters. The number of halogens is 2. The van der Waals surface area contributed by atoms with Crippen molar-refractivity contribution in [3.8, 4) is 11.1 Å². The highest BCUT2D eigenvalue weighted by Crippen LogP contribution is 2.40. The number of oxime groups is 1. The lowest BCUT2D eigenvalue weighted by molar-refractivity contribution is 0.320. The number of nitrogens with zero attached hydrogens (tertiary/aromatic N) is 56. The molecule has 2 aromatic rings. The maximum Gasteiger partial charge on any atom is 0.243 e. The molecular weight excluding hydrogens is 1410 g/mol. The Morgan fingerprint density at radius 1 is 0.333 bits per heavy atom. The summed E-state index contributed by atoms with van der Waals surface area (Å²) in [6, 6.07) is 9.90. The summed E-state index contributed by atoms with van der Waals surface area (Å²) in [5, 5.41) is 174. The molecule has 62 nitrogen and oxygen atoms in total. The van der Waals surface area contributed by atoms with Gasteiger partial charge >= 0.3 is 0 Å². The minimum atomic E-state index is -3.48. The standard InChI is InChI=1S/C27H33NO5S2.FH2IN56/c29-28-27-25-15-21(34(30,31)17-19-7-3-1-4-8-19)11-13-23(25)24-14-12-22(16-26(24)27)35(32,33)18-20-9-5-2-6-10-20;1-2-4-6-8-10-12-14-16-18-20-22-24-26-28-30-32-34-36-38-40-42-44-46-48-50-52-54-56-58-57-55-53-51-49-47-45-43-41-39-37-35-33-31-29-27-25-23-21-19-17-15-13-11-9-7-5-3/h11-16,19-20,29H,1-10,17-18H2;(H2,3,6,7,10,11,14,15,18,19,22,23,26,27,30,31,34,35,38,39,42,43,46,47,50,51,54,55,58). The molecule has 0 radical (unpaired) electrons. The molecule has 3 aliphatic rings. The molecule has 3 N–H and O–H groups in total. The molecule has 0 bridgehead atoms. The molecule has 0 atom stereocenters. The second-order valence-electron chi connectivity index (χ2n) is 15.4. The quantitative estimate of drug-likeness (QED) is 0.0196. The van der Waals surface area contributed by atoms with Crippen LogP contribution in [0.5, 0.6) is 0 Å². The number of rotatable bonds is 33. The van der Waals surface area contributed by atoms with Crippen LogP contribution in [0.2, 0.25) is 0 Å². The van der Waals surface area contributed by atoms with Crippen molar-refractivity contribution >= 4 is 47.0 Å². The molecule has 2 aromatic carbocycles. The van der Waals surface area contributed by atoms with Crippen molar-refractivity contribution in [2.45, 2.75) is 74.0 Å². The average Bonchev–Trinajstić information content (AvgIpc) is 1.62. The number of sulfone groups is 2. The van der Waals surface area contributed by atoms with E-state index >= 15 is 0 Å². The van der Waals surface area contributed by atoms with Gasteiger partial charge in [0.2, 0.25) is 21.6 Å². The van der Waals surface area contributed by atoms with Crippen LogP contribution in [0.25, 0.3) is 11.1 Å². The Labute approximate surface area is 522 Å². The molecule has 0 aliphatic heterocycles. The maximum atomic E-state index is 13.2. The van der Waals surface area contributed by atoms with E-state index in [0.29, 0.717) is 11.1 Å². The third-order valence-corrected chi connectivity index (χ3v) is 14.3. The molecule has 2 saturated carbocycles. The molecule has 5 rings (SSSR count). The van der Waals surface area contributed by atoms with Gasteiger partial charge in [-0.05, 0) is 151 Å². The van der Waals surface area contributed by atoms with E-state index in [4.69, 9.17) is 0 Å². The molecule has 66 heteroatoms. The lowest BCUT2D eigenvalue weighted by Crippen LogP contribution is -2.19. The zero-order valence-electron chi connectivity index (χ0n) is 45.9. The van der Waals surface area contributed by atoms with Crippen LogP contribution in [-0.4, -0.2) is 39.3 Å². The Morgan fingerprint density at radius 2 is 0.548 bits per heavy atom. The Kier molecular flexibility index (Phi) is 37.0. The topological polar surface area (TPSA) is 807 Å². The van der Waals surface area contributed by atoms with E-state index in [1.165, 1.54) is 12.8 Å². The van der Waals surface area contributed by atoms with Crippen molar-refractivity contribution < 1.29 is 24.9 Å². The SMILES string of the molecule is N/N=N/N=N/N=N/N=N/N=N/N=N/N=N/N=N/N=N/N=N/N=N/N=N/N=N/N=N/N=N/N=N/N=N/N=N/N=N/N=N/N=N/N=N/N=N/N=N/N=N/N=N/N=N/N=IF.O=S(=O)(CC1CCCCC1)c1ccc2c(c1)C(=NO)c1cc(S(=O)(=O)CC3CCCCC3)ccc1-2. The molecule has 3 aliphatic carbocycles. The zero-order chi connectivity index (χ0) is 66.2. The first-order valence-electron chi connectivity index (χ1n) is 24.1. The smallest absolute Gasteiger partial charge is 0.243 e. The Bertz CT molecular complexity index is 3570. The third kappa shape index (κ3) is 32.7. The fourth-order valence-corrected chi connectivity index (χ4v) is 10.6. The van der Waals surface area contributed by atoms with Crippen LogP contribution in [0, 0.1) is 11.8 Å². The summed E-state index contributed by atoms with van der Waals surface area (Å²) >= 11 is -1.89. The van der Waals surface area contributed by atoms with E-state index < -0.39 is 41.3 Å². The predicted molar refractivity (Wildman–Crippen MR) is 289 cm³/mol. The first-order valence-corrected chi connectivity index (χ1v) is 29.2. The van der Waals surface area contributed by atoms with Gasteiger partial charge in [-0.25, -0.2) is 16.8 Å². The van der Waals surface area contributed by atoms with Crippen LogP contribution in [0.15, 0.2) is 337 Å². The number of nitrogens with two attached hydrogens (primary N) is 1. The van der Waals surface area contributed by atoms with Gasteiger partial charge in [-0.15, -0.1) is 0 Å². The molecule has 93 heavy (non-hydrogen) atoms. The van der Waals surface area contributed by atoms with Crippen LogP contribution in [0.1, 0.15) is 75.3 Å². The largest absolute Gasteiger partial charge is 0.410 e. The molecular formula is C27H35FIN57O5S2. The molecule has 0 aromatic heterocycles. The lowest BCUT2D eigenvalue weighted by Gasteiger charge is -2.21. The summed E-state index contributed by atoms with van der Waals surface area (Å²) in [5.41, 5.74) is 2.77. The van der Waals surface area contributed by atoms with Crippen molar-refractivity contribution in [3.05, 3.63) is 47.5 Å². The van der Waals surface area contributed by atoms with E-state index in [0.717, 1.165) is 62.5 Å². The van der Waals surface area contributed by atoms with Gasteiger partial charge in [0.25, 0.3) is 0 Å². The monoisotopic (exact) mass is 1450 g/mol. The van der Waals surface area contributed by atoms with Gasteiger partial charge in [0.05, 0.1) is 21.3 Å². The van der Waals surface area contributed by atoms with Gasteiger partial charge in [-0.2, -0.15) is 2.86 Å². The molecule has 2 fully saturated rings. The summed E-state index contributed by atoms with van der Waals surface area (Å²) in [6.45, 7) is 0. The van der Waals surface area contributed by atoms with E-state index in [9.17, 15) is 24.9 Å². The van der Waals surface area contributed by atoms with Crippen molar-refractivity contribution in [1.82, 2.24) is 0 Å². The van der Waals surface area contributed by atoms with E-state index in [2.05, 4.69) is 296 Å². The number of fused-ring (bicyclic) bond motifs is 3. The number of hydrogen-bond acceptors (Lipinski definition) is 8. The van der Waals surface area contributed by atoms with Gasteiger partial charge in [-0.1, -0.05) is 64.3 Å². The van der Waals surface area contributed by atoms with E-state index in [1.54, 1.807) is 36.4 Å². The summed E-state index contributed by atoms with van der Waals surface area (Å²) in [6.07, 6.45) is 10.4. The van der Waals surface area contributed by atoms with Gasteiger partial charge < -0.3 is 11.0 Å². The van der Waals surface area contributed by atoms with Crippen LogP contribution in [-0.2, 0) is 19.7 Å². The van der Waals surface area contributed by atoms with Crippen molar-refractivity contribution in [1.29, 1.82) is 0 Å². The fourth-order valence-electron chi connectivity index (χ4n) is 7.03. The average molecular weight is 1450 g/mol. The van der Waals surface area contributed by atoms with Gasteiger partial charge in [-0.3, -0.25) is 0 Å². The normalized spacial score (nSPS) is 17.1. The third-order valence-electron chi connectivity index (χ3n) is 10.2.